The van der Waals surface area contributed by atoms with Gasteiger partial charge in [-0.25, -0.2) is 4.39 Å². The highest BCUT2D eigenvalue weighted by atomic mass is 19.3. The van der Waals surface area contributed by atoms with E-state index in [4.69, 9.17) is 0 Å². The van der Waals surface area contributed by atoms with Crippen molar-refractivity contribution in [3.63, 3.8) is 0 Å². The van der Waals surface area contributed by atoms with E-state index in [2.05, 4.69) is 15.7 Å². The molecule has 2 heterocycles. The molecule has 1 aromatic heterocycles. The lowest BCUT2D eigenvalue weighted by atomic mass is 9.88. The molecule has 1 aliphatic heterocycles. The van der Waals surface area contributed by atoms with Crippen molar-refractivity contribution in [3.8, 4) is 0 Å². The highest BCUT2D eigenvalue weighted by molar-refractivity contribution is 6.01. The average molecular weight is 586 g/mol. The zero-order valence-electron chi connectivity index (χ0n) is 24.2. The van der Waals surface area contributed by atoms with Crippen LogP contribution in [0, 0.1) is 23.6 Å². The number of carbonyl (C=O) groups is 3. The van der Waals surface area contributed by atoms with Crippen LogP contribution in [0.1, 0.15) is 87.3 Å². The minimum absolute atomic E-state index is 0.0323. The van der Waals surface area contributed by atoms with Crippen LogP contribution in [0.4, 0.5) is 18.9 Å². The Balaban J connectivity index is 1.29. The molecular weight excluding hydrogens is 547 g/mol. The molecule has 1 saturated heterocycles. The van der Waals surface area contributed by atoms with E-state index < -0.39 is 35.7 Å². The number of likely N-dealkylation sites (tertiary alicyclic amines) is 1. The number of halogens is 3. The minimum atomic E-state index is -1.68. The first-order valence-electron chi connectivity index (χ1n) is 14.8. The van der Waals surface area contributed by atoms with Gasteiger partial charge in [0.2, 0.25) is 11.8 Å². The van der Waals surface area contributed by atoms with Gasteiger partial charge in [-0.2, -0.15) is 13.9 Å². The molecule has 1 aromatic carbocycles. The Morgan fingerprint density at radius 3 is 2.17 bits per heavy atom. The first-order chi connectivity index (χ1) is 20.0. The summed E-state index contributed by atoms with van der Waals surface area (Å²) in [5.41, 5.74) is 0.821. The third kappa shape index (κ3) is 6.55. The fraction of sp³-hybridized carbons (Fsp3) is 0.548. The fourth-order valence-corrected chi connectivity index (χ4v) is 6.06. The number of nitrogens with zero attached hydrogens (tertiary/aromatic N) is 3. The van der Waals surface area contributed by atoms with E-state index in [-0.39, 0.29) is 55.1 Å². The van der Waals surface area contributed by atoms with Gasteiger partial charge in [0.25, 0.3) is 12.0 Å². The van der Waals surface area contributed by atoms with Gasteiger partial charge < -0.3 is 15.5 Å². The summed E-state index contributed by atoms with van der Waals surface area (Å²) in [5.74, 6) is -1.87. The summed E-state index contributed by atoms with van der Waals surface area (Å²) in [7, 11) is 0. The van der Waals surface area contributed by atoms with E-state index in [1.165, 1.54) is 17.0 Å². The monoisotopic (exact) mass is 585 g/mol. The van der Waals surface area contributed by atoms with Crippen LogP contribution < -0.4 is 10.6 Å². The Morgan fingerprint density at radius 1 is 0.976 bits per heavy atom. The quantitative estimate of drug-likeness (QED) is 0.377. The predicted molar refractivity (Wildman–Crippen MR) is 151 cm³/mol. The first-order valence-corrected chi connectivity index (χ1v) is 14.8. The standard InChI is InChI=1S/C31H38F3N5O3/c1-17(2)39-25(10-13-35-39)29(40)37-27(26(19-4-5-19)20-6-7-20)30(41)36-24-9-8-22(16-23(24)32)18(3)31(42)38-14-11-21(12-15-38)28(33)34/h8-10,13,16-20,26-27H,4-7,11-12,14-15H2,1-3H3,(H,36,41)(H,37,40). The lowest BCUT2D eigenvalue weighted by molar-refractivity contribution is -0.133. The average Bonchev–Trinajstić information content (AvgIpc) is 3.92. The topological polar surface area (TPSA) is 96.3 Å². The summed E-state index contributed by atoms with van der Waals surface area (Å²) < 4.78 is 42.7. The van der Waals surface area contributed by atoms with Crippen LogP contribution in [0.2, 0.25) is 0 Å². The number of hydrogen-bond acceptors (Lipinski definition) is 4. The molecule has 0 bridgehead atoms. The molecule has 0 spiro atoms. The van der Waals surface area contributed by atoms with Crippen molar-refractivity contribution in [1.29, 1.82) is 0 Å². The van der Waals surface area contributed by atoms with E-state index in [1.54, 1.807) is 29.9 Å². The van der Waals surface area contributed by atoms with Crippen molar-refractivity contribution in [2.24, 2.45) is 17.8 Å². The largest absolute Gasteiger partial charge is 0.342 e. The van der Waals surface area contributed by atoms with Gasteiger partial charge in [-0.1, -0.05) is 6.07 Å². The normalized spacial score (nSPS) is 18.7. The van der Waals surface area contributed by atoms with E-state index in [9.17, 15) is 23.2 Å². The van der Waals surface area contributed by atoms with Crippen molar-refractivity contribution in [2.75, 3.05) is 18.4 Å². The summed E-state index contributed by atoms with van der Waals surface area (Å²) in [6, 6.07) is 4.99. The van der Waals surface area contributed by atoms with Crippen molar-refractivity contribution in [2.45, 2.75) is 77.3 Å². The molecule has 5 rings (SSSR count). The summed E-state index contributed by atoms with van der Waals surface area (Å²) in [4.78, 5) is 41.5. The maximum Gasteiger partial charge on any atom is 0.270 e. The van der Waals surface area contributed by atoms with Gasteiger partial charge in [0.1, 0.15) is 17.6 Å². The van der Waals surface area contributed by atoms with Gasteiger partial charge >= 0.3 is 0 Å². The van der Waals surface area contributed by atoms with E-state index in [0.29, 0.717) is 23.1 Å². The van der Waals surface area contributed by atoms with Gasteiger partial charge in [-0.05, 0) is 106 Å². The van der Waals surface area contributed by atoms with E-state index in [1.807, 2.05) is 13.8 Å². The maximum absolute atomic E-state index is 15.3. The summed E-state index contributed by atoms with van der Waals surface area (Å²) in [6.45, 7) is 5.88. The Kier molecular flexibility index (Phi) is 8.75. The van der Waals surface area contributed by atoms with Crippen LogP contribution in [-0.4, -0.2) is 51.5 Å². The minimum Gasteiger partial charge on any atom is -0.342 e. The summed E-state index contributed by atoms with van der Waals surface area (Å²) in [6.07, 6.45) is 4.11. The number of benzene rings is 1. The number of aromatic nitrogens is 2. The Labute approximate surface area is 243 Å². The molecule has 3 aliphatic rings. The lowest BCUT2D eigenvalue weighted by Crippen LogP contribution is -2.50. The third-order valence-corrected chi connectivity index (χ3v) is 8.75. The van der Waals surface area contributed by atoms with Crippen LogP contribution in [0.25, 0.3) is 0 Å². The van der Waals surface area contributed by atoms with Crippen molar-refractivity contribution in [3.05, 3.63) is 59.2 Å². The molecule has 2 aliphatic carbocycles. The third-order valence-electron chi connectivity index (χ3n) is 8.75. The number of anilines is 1. The SMILES string of the molecule is CC(C(=O)N1CCC(=C(F)F)CC1)c1ccc(NC(=O)C(NC(=O)c2ccnn2C(C)C)C(C2CC2)C2CC2)c(F)c1. The molecule has 2 saturated carbocycles. The zero-order valence-corrected chi connectivity index (χ0v) is 24.2. The maximum atomic E-state index is 15.3. The molecular formula is C31H38F3N5O3. The number of rotatable bonds is 10. The summed E-state index contributed by atoms with van der Waals surface area (Å²) in [5, 5.41) is 9.88. The fourth-order valence-electron chi connectivity index (χ4n) is 6.06. The number of piperidine rings is 1. The van der Waals surface area contributed by atoms with E-state index >= 15 is 4.39 Å². The smallest absolute Gasteiger partial charge is 0.270 e. The summed E-state index contributed by atoms with van der Waals surface area (Å²) >= 11 is 0. The Hall–Kier alpha value is -3.63. The van der Waals surface area contributed by atoms with Crippen LogP contribution in [0.3, 0.4) is 0 Å². The van der Waals surface area contributed by atoms with Crippen LogP contribution >= 0.6 is 0 Å². The highest BCUT2D eigenvalue weighted by Gasteiger charge is 2.48. The second-order valence-electron chi connectivity index (χ2n) is 12.1. The molecule has 2 aromatic rings. The number of nitrogens with one attached hydrogen (secondary N) is 2. The van der Waals surface area contributed by atoms with Crippen LogP contribution in [-0.2, 0) is 9.59 Å². The molecule has 42 heavy (non-hydrogen) atoms. The van der Waals surface area contributed by atoms with E-state index in [0.717, 1.165) is 25.7 Å². The molecule has 226 valence electrons. The number of amides is 3. The van der Waals surface area contributed by atoms with Crippen LogP contribution in [0.5, 0.6) is 0 Å². The second-order valence-corrected chi connectivity index (χ2v) is 12.1. The van der Waals surface area contributed by atoms with Crippen molar-refractivity contribution in [1.82, 2.24) is 20.0 Å². The molecule has 3 amide bonds. The van der Waals surface area contributed by atoms with Crippen molar-refractivity contribution >= 4 is 23.4 Å². The molecule has 2 atom stereocenters. The van der Waals surface area contributed by atoms with Gasteiger partial charge in [0, 0.05) is 25.3 Å². The Morgan fingerprint density at radius 2 is 1.62 bits per heavy atom. The highest BCUT2D eigenvalue weighted by Crippen LogP contribution is 2.51. The van der Waals surface area contributed by atoms with Gasteiger partial charge in [0.15, 0.2) is 0 Å². The Bertz CT molecular complexity index is 1360. The zero-order chi connectivity index (χ0) is 30.1. The first kappa shape index (κ1) is 29.8. The lowest BCUT2D eigenvalue weighted by Gasteiger charge is -2.30. The molecule has 2 N–H and O–H groups in total. The number of carbonyl (C=O) groups excluding carboxylic acids is 3. The molecule has 2 unspecified atom stereocenters. The molecule has 8 nitrogen and oxygen atoms in total. The predicted octanol–water partition coefficient (Wildman–Crippen LogP) is 5.65. The number of hydrogen-bond donors (Lipinski definition) is 2. The van der Waals surface area contributed by atoms with Gasteiger partial charge in [0.05, 0.1) is 11.6 Å². The second kappa shape index (κ2) is 12.3. The molecule has 11 heteroatoms. The van der Waals surface area contributed by atoms with Gasteiger partial charge in [-0.3, -0.25) is 19.1 Å². The molecule has 3 fully saturated rings. The van der Waals surface area contributed by atoms with Crippen LogP contribution in [0.15, 0.2) is 42.1 Å². The van der Waals surface area contributed by atoms with Crippen molar-refractivity contribution < 1.29 is 27.6 Å². The van der Waals surface area contributed by atoms with Gasteiger partial charge in [-0.15, -0.1) is 0 Å². The molecule has 0 radical (unpaired) electrons.